The van der Waals surface area contributed by atoms with Crippen LogP contribution in [0.2, 0.25) is 0 Å². The lowest BCUT2D eigenvalue weighted by molar-refractivity contribution is 1.27. The van der Waals surface area contributed by atoms with Gasteiger partial charge in [-0.25, -0.2) is 20.0 Å². The number of nitrogens with one attached hydrogen (secondary N) is 2. The van der Waals surface area contributed by atoms with Gasteiger partial charge in [0.05, 0.1) is 11.1 Å². The van der Waals surface area contributed by atoms with E-state index >= 15 is 0 Å². The van der Waals surface area contributed by atoms with E-state index in [1.807, 2.05) is 73.1 Å². The lowest BCUT2D eigenvalue weighted by Gasteiger charge is -2.26. The minimum atomic E-state index is 0.279. The van der Waals surface area contributed by atoms with Crippen molar-refractivity contribution in [1.82, 2.24) is 9.97 Å². The standard InChI is InChI=1S/C80H50N10S2/c81-47-69(53-21-35-63(36-22-53)89(65-39-25-55(26-40-65)73-15-5-45-91-73)61-31-17-51(18-32-61)59-29-43-75(83-49-59)87-79-67-11-1-7-57-9-3-13-71(85-79)77(57)67)70(48-82)54-23-37-64(38-24-54)90(66-41-27-56(28-42-66)74-16-6-46-92-74)62-33-19-52(20-34-62)60-30-44-76(84-50-60)88-80-68-12-2-8-58-10-4-14-72(86-80)78(58)68/h1-46,49-50H,(H,83,85,87)(H,84,86,88)/b70-69+. The van der Waals surface area contributed by atoms with Gasteiger partial charge >= 0.3 is 0 Å². The first-order valence-electron chi connectivity index (χ1n) is 30.0. The molecule has 0 unspecified atom stereocenters. The highest BCUT2D eigenvalue weighted by atomic mass is 32.1. The summed E-state index contributed by atoms with van der Waals surface area (Å²) >= 11 is 3.42. The summed E-state index contributed by atoms with van der Waals surface area (Å²) in [6.45, 7) is 0. The summed E-state index contributed by atoms with van der Waals surface area (Å²) < 4.78 is 0. The molecule has 2 aliphatic rings. The first kappa shape index (κ1) is 55.0. The van der Waals surface area contributed by atoms with Crippen molar-refractivity contribution >= 4 is 124 Å². The second-order valence-corrected chi connectivity index (χ2v) is 24.2. The van der Waals surface area contributed by atoms with Gasteiger partial charge in [-0.1, -0.05) is 146 Å². The van der Waals surface area contributed by atoms with Gasteiger partial charge in [0.1, 0.15) is 23.8 Å². The molecule has 0 bridgehead atoms. The number of rotatable bonds is 14. The molecule has 0 amide bonds. The second-order valence-electron chi connectivity index (χ2n) is 22.3. The van der Waals surface area contributed by atoms with Crippen molar-refractivity contribution in [2.75, 3.05) is 20.4 Å². The van der Waals surface area contributed by atoms with Gasteiger partial charge in [-0.05, 0) is 176 Å². The van der Waals surface area contributed by atoms with Gasteiger partial charge in [0, 0.05) is 101 Å². The largest absolute Gasteiger partial charge is 0.339 e. The number of allylic oxidation sites excluding steroid dienone is 2. The molecule has 0 saturated carbocycles. The molecule has 0 atom stereocenters. The molecule has 10 nitrogen and oxygen atoms in total. The summed E-state index contributed by atoms with van der Waals surface area (Å²) in [4.78, 5) is 26.2. The van der Waals surface area contributed by atoms with Gasteiger partial charge in [0.25, 0.3) is 0 Å². The third kappa shape index (κ3) is 10.4. The molecule has 0 radical (unpaired) electrons. The molecular weight excluding hydrogens is 1170 g/mol. The molecule has 10 aromatic carbocycles. The molecule has 0 fully saturated rings. The van der Waals surface area contributed by atoms with E-state index in [0.717, 1.165) is 102 Å². The highest BCUT2D eigenvalue weighted by Crippen LogP contribution is 2.42. The molecule has 432 valence electrons. The van der Waals surface area contributed by atoms with Crippen LogP contribution in [-0.2, 0) is 0 Å². The van der Waals surface area contributed by atoms with Crippen molar-refractivity contribution in [2.24, 2.45) is 9.98 Å². The monoisotopic (exact) mass is 1210 g/mol. The second kappa shape index (κ2) is 23.7. The summed E-state index contributed by atoms with van der Waals surface area (Å²) in [5, 5.41) is 37.6. The molecule has 2 N–H and O–H groups in total. The summed E-state index contributed by atoms with van der Waals surface area (Å²) in [7, 11) is 0. The normalized spacial score (nSPS) is 13.2. The summed E-state index contributed by atoms with van der Waals surface area (Å²) in [5.74, 6) is 2.81. The lowest BCUT2D eigenvalue weighted by atomic mass is 9.95. The van der Waals surface area contributed by atoms with E-state index in [9.17, 15) is 10.5 Å². The SMILES string of the molecule is N#C/C(=C(/C#N)c1ccc(N(c2ccc(-c3ccc(N=C4Nc5cccc6cccc4c56)nc3)cc2)c2ccc(-c3cccs3)cc2)cc1)c1ccc(N(c2ccc(-c3ccc(N=C4Nc5cccc6cccc4c56)nc3)cc2)c2ccc(-c3cccs3)cc2)cc1. The summed E-state index contributed by atoms with van der Waals surface area (Å²) in [6, 6.07) is 96.0. The Hall–Kier alpha value is -12.3. The summed E-state index contributed by atoms with van der Waals surface area (Å²) in [5.41, 5.74) is 17.9. The highest BCUT2D eigenvalue weighted by molar-refractivity contribution is 7.13. The van der Waals surface area contributed by atoms with Crippen molar-refractivity contribution in [3.8, 4) is 55.3 Å². The van der Waals surface area contributed by atoms with Crippen LogP contribution in [-0.4, -0.2) is 21.6 Å². The molecular formula is C80H50N10S2. The number of benzene rings is 10. The van der Waals surface area contributed by atoms with Gasteiger partial charge in [0.15, 0.2) is 11.6 Å². The Balaban J connectivity index is 0.671. The van der Waals surface area contributed by atoms with E-state index in [-0.39, 0.29) is 11.1 Å². The zero-order valence-corrected chi connectivity index (χ0v) is 50.7. The predicted octanol–water partition coefficient (Wildman–Crippen LogP) is 21.5. The molecule has 6 heterocycles. The number of hydrogen-bond donors (Lipinski definition) is 2. The first-order valence-corrected chi connectivity index (χ1v) is 31.7. The number of nitriles is 2. The van der Waals surface area contributed by atoms with Crippen LogP contribution >= 0.6 is 22.7 Å². The van der Waals surface area contributed by atoms with E-state index in [1.54, 1.807) is 22.7 Å². The van der Waals surface area contributed by atoms with Crippen LogP contribution in [0.3, 0.4) is 0 Å². The van der Waals surface area contributed by atoms with Gasteiger partial charge < -0.3 is 20.4 Å². The molecule has 16 rings (SSSR count). The molecule has 14 aromatic rings. The Labute approximate surface area is 539 Å². The molecule has 92 heavy (non-hydrogen) atoms. The van der Waals surface area contributed by atoms with Crippen LogP contribution < -0.4 is 20.4 Å². The number of pyridine rings is 2. The first-order chi connectivity index (χ1) is 45.5. The Morgan fingerprint density at radius 3 is 1.01 bits per heavy atom. The Morgan fingerprint density at radius 1 is 0.348 bits per heavy atom. The number of nitrogens with zero attached hydrogens (tertiary/aromatic N) is 8. The van der Waals surface area contributed by atoms with E-state index in [2.05, 4.69) is 250 Å². The maximum Gasteiger partial charge on any atom is 0.154 e. The van der Waals surface area contributed by atoms with Crippen LogP contribution in [0.1, 0.15) is 22.3 Å². The number of thiophene rings is 2. The van der Waals surface area contributed by atoms with Crippen molar-refractivity contribution < 1.29 is 0 Å². The van der Waals surface area contributed by atoms with E-state index in [0.29, 0.717) is 22.8 Å². The summed E-state index contributed by atoms with van der Waals surface area (Å²) in [6.07, 6.45) is 3.74. The highest BCUT2D eigenvalue weighted by Gasteiger charge is 2.23. The Morgan fingerprint density at radius 2 is 0.685 bits per heavy atom. The lowest BCUT2D eigenvalue weighted by Crippen LogP contribution is -2.10. The number of aliphatic imine (C=N–C) groups is 2. The fourth-order valence-corrected chi connectivity index (χ4v) is 13.8. The Kier molecular flexibility index (Phi) is 14.1. The van der Waals surface area contributed by atoms with Gasteiger partial charge in [0.2, 0.25) is 0 Å². The third-order valence-electron chi connectivity index (χ3n) is 16.9. The fraction of sp³-hybridized carbons (Fsp3) is 0. The number of aromatic nitrogens is 2. The van der Waals surface area contributed by atoms with E-state index in [4.69, 9.17) is 20.0 Å². The zero-order chi connectivity index (χ0) is 61.5. The minimum absolute atomic E-state index is 0.279. The van der Waals surface area contributed by atoms with Gasteiger partial charge in [-0.2, -0.15) is 10.5 Å². The molecule has 12 heteroatoms. The molecule has 0 spiro atoms. The van der Waals surface area contributed by atoms with Crippen LogP contribution in [0.25, 0.3) is 75.8 Å². The van der Waals surface area contributed by atoms with Crippen LogP contribution in [0.5, 0.6) is 0 Å². The third-order valence-corrected chi connectivity index (χ3v) is 18.7. The van der Waals surface area contributed by atoms with Gasteiger partial charge in [-0.15, -0.1) is 22.7 Å². The molecule has 2 aliphatic heterocycles. The number of amidine groups is 2. The van der Waals surface area contributed by atoms with E-state index in [1.165, 1.54) is 31.3 Å². The smallest absolute Gasteiger partial charge is 0.154 e. The predicted molar refractivity (Wildman–Crippen MR) is 381 cm³/mol. The van der Waals surface area contributed by atoms with Crippen molar-refractivity contribution in [3.63, 3.8) is 0 Å². The zero-order valence-electron chi connectivity index (χ0n) is 49.1. The molecule has 0 aliphatic carbocycles. The minimum Gasteiger partial charge on any atom is -0.339 e. The van der Waals surface area contributed by atoms with Gasteiger partial charge in [-0.3, -0.25) is 0 Å². The molecule has 4 aromatic heterocycles. The average molecular weight is 1220 g/mol. The maximum atomic E-state index is 10.9. The number of hydrogen-bond acceptors (Lipinski definition) is 10. The fourth-order valence-electron chi connectivity index (χ4n) is 12.3. The quantitative estimate of drug-likeness (QED) is 0.0814. The topological polar surface area (TPSA) is 129 Å². The molecule has 0 saturated heterocycles. The van der Waals surface area contributed by atoms with Crippen molar-refractivity contribution in [1.29, 1.82) is 10.5 Å². The Bertz CT molecular complexity index is 4940. The van der Waals surface area contributed by atoms with Crippen LogP contribution in [0.4, 0.5) is 57.1 Å². The average Bonchev–Trinajstić information content (AvgIpc) is 1.73. The maximum absolute atomic E-state index is 10.9. The van der Waals surface area contributed by atoms with Crippen LogP contribution in [0.15, 0.2) is 300 Å². The number of anilines is 8. The van der Waals surface area contributed by atoms with Crippen molar-refractivity contribution in [3.05, 3.63) is 312 Å². The van der Waals surface area contributed by atoms with Crippen molar-refractivity contribution in [2.45, 2.75) is 0 Å². The van der Waals surface area contributed by atoms with E-state index < -0.39 is 0 Å². The van der Waals surface area contributed by atoms with Crippen LogP contribution in [0, 0.1) is 22.7 Å².